The first-order valence-electron chi connectivity index (χ1n) is 6.65. The fraction of sp³-hybridized carbons (Fsp3) is 0.250. The Morgan fingerprint density at radius 3 is 2.55 bits per heavy atom. The summed E-state index contributed by atoms with van der Waals surface area (Å²) in [5.41, 5.74) is 1.01. The van der Waals surface area contributed by atoms with Gasteiger partial charge >= 0.3 is 0 Å². The lowest BCUT2D eigenvalue weighted by Gasteiger charge is -2.27. The van der Waals surface area contributed by atoms with Crippen molar-refractivity contribution < 1.29 is 13.9 Å². The lowest BCUT2D eigenvalue weighted by molar-refractivity contribution is 0.141. The van der Waals surface area contributed by atoms with Crippen LogP contribution in [0.25, 0.3) is 0 Å². The topological polar surface area (TPSA) is 30.5 Å². The van der Waals surface area contributed by atoms with Crippen molar-refractivity contribution in [3.63, 3.8) is 0 Å². The molecule has 0 amide bonds. The van der Waals surface area contributed by atoms with E-state index in [0.29, 0.717) is 12.4 Å². The van der Waals surface area contributed by atoms with Crippen LogP contribution < -0.4 is 14.8 Å². The van der Waals surface area contributed by atoms with Crippen molar-refractivity contribution in [2.45, 2.75) is 12.7 Å². The van der Waals surface area contributed by atoms with Gasteiger partial charge in [-0.1, -0.05) is 30.3 Å². The maximum Gasteiger partial charge on any atom is 0.168 e. The molecular weight excluding hydrogens is 257 g/mol. The number of hydrogen-bond donors (Lipinski definition) is 1. The minimum Gasteiger partial charge on any atom is -0.488 e. The zero-order valence-electron chi connectivity index (χ0n) is 11.0. The van der Waals surface area contributed by atoms with Crippen molar-refractivity contribution in [2.75, 3.05) is 13.1 Å². The van der Waals surface area contributed by atoms with Crippen molar-refractivity contribution in [2.24, 2.45) is 0 Å². The van der Waals surface area contributed by atoms with Crippen LogP contribution >= 0.6 is 0 Å². The van der Waals surface area contributed by atoms with Crippen molar-refractivity contribution in [1.82, 2.24) is 5.32 Å². The fourth-order valence-electron chi connectivity index (χ4n) is 1.95. The van der Waals surface area contributed by atoms with Crippen LogP contribution in [0.15, 0.2) is 48.5 Å². The van der Waals surface area contributed by atoms with Crippen LogP contribution in [0, 0.1) is 5.82 Å². The number of benzene rings is 2. The first-order chi connectivity index (χ1) is 9.81. The Morgan fingerprint density at radius 1 is 1.10 bits per heavy atom. The minimum atomic E-state index is -0.397. The molecule has 0 spiro atoms. The highest BCUT2D eigenvalue weighted by molar-refractivity contribution is 5.33. The summed E-state index contributed by atoms with van der Waals surface area (Å²) >= 11 is 0. The van der Waals surface area contributed by atoms with Gasteiger partial charge in [0.05, 0.1) is 0 Å². The van der Waals surface area contributed by atoms with Crippen LogP contribution in [0.1, 0.15) is 5.56 Å². The molecule has 0 unspecified atom stereocenters. The third-order valence-electron chi connectivity index (χ3n) is 3.19. The van der Waals surface area contributed by atoms with Crippen LogP contribution in [0.3, 0.4) is 0 Å². The maximum absolute atomic E-state index is 13.9. The molecule has 4 heteroatoms. The van der Waals surface area contributed by atoms with Gasteiger partial charge in [0.2, 0.25) is 0 Å². The lowest BCUT2D eigenvalue weighted by Crippen LogP contribution is -2.50. The molecule has 0 aromatic heterocycles. The van der Waals surface area contributed by atoms with Gasteiger partial charge in [-0.25, -0.2) is 4.39 Å². The number of halogens is 1. The molecule has 1 aliphatic heterocycles. The van der Waals surface area contributed by atoms with E-state index in [0.717, 1.165) is 18.7 Å². The van der Waals surface area contributed by atoms with E-state index < -0.39 is 5.82 Å². The van der Waals surface area contributed by atoms with E-state index in [2.05, 4.69) is 5.32 Å². The van der Waals surface area contributed by atoms with Crippen LogP contribution in [0.5, 0.6) is 11.5 Å². The monoisotopic (exact) mass is 273 g/mol. The standard InChI is InChI=1S/C16H16FNO2/c17-15-8-13(20-14-9-18-10-14)6-7-16(15)19-11-12-4-2-1-3-5-12/h1-8,14,18H,9-11H2. The molecule has 2 aromatic carbocycles. The molecule has 0 aliphatic carbocycles. The maximum atomic E-state index is 13.9. The van der Waals surface area contributed by atoms with Gasteiger partial charge in [0.1, 0.15) is 18.5 Å². The summed E-state index contributed by atoms with van der Waals surface area (Å²) in [6.07, 6.45) is 0.144. The van der Waals surface area contributed by atoms with Gasteiger partial charge in [-0.15, -0.1) is 0 Å². The summed E-state index contributed by atoms with van der Waals surface area (Å²) in [5.74, 6) is 0.389. The van der Waals surface area contributed by atoms with E-state index in [-0.39, 0.29) is 11.9 Å². The van der Waals surface area contributed by atoms with Crippen LogP contribution in [0.2, 0.25) is 0 Å². The number of ether oxygens (including phenoxy) is 2. The van der Waals surface area contributed by atoms with Gasteiger partial charge in [-0.3, -0.25) is 0 Å². The van der Waals surface area contributed by atoms with Gasteiger partial charge < -0.3 is 14.8 Å². The van der Waals surface area contributed by atoms with Crippen LogP contribution in [-0.2, 0) is 6.61 Å². The van der Waals surface area contributed by atoms with Gasteiger partial charge in [-0.2, -0.15) is 0 Å². The predicted molar refractivity (Wildman–Crippen MR) is 74.5 cm³/mol. The molecule has 0 bridgehead atoms. The molecule has 3 rings (SSSR count). The average Bonchev–Trinajstić information content (AvgIpc) is 2.43. The second-order valence-corrected chi connectivity index (χ2v) is 4.76. The highest BCUT2D eigenvalue weighted by Gasteiger charge is 2.18. The second-order valence-electron chi connectivity index (χ2n) is 4.76. The van der Waals surface area contributed by atoms with Crippen LogP contribution in [0.4, 0.5) is 4.39 Å². The second kappa shape index (κ2) is 5.92. The largest absolute Gasteiger partial charge is 0.488 e. The number of nitrogens with one attached hydrogen (secondary N) is 1. The summed E-state index contributed by atoms with van der Waals surface area (Å²) in [7, 11) is 0. The molecular formula is C16H16FNO2. The van der Waals surface area contributed by atoms with Crippen molar-refractivity contribution in [1.29, 1.82) is 0 Å². The Kier molecular flexibility index (Phi) is 3.83. The number of rotatable bonds is 5. The van der Waals surface area contributed by atoms with E-state index in [4.69, 9.17) is 9.47 Å². The first-order valence-corrected chi connectivity index (χ1v) is 6.65. The van der Waals surface area contributed by atoms with E-state index in [9.17, 15) is 4.39 Å². The van der Waals surface area contributed by atoms with Crippen LogP contribution in [-0.4, -0.2) is 19.2 Å². The summed E-state index contributed by atoms with van der Waals surface area (Å²) in [6, 6.07) is 14.4. The van der Waals surface area contributed by atoms with Crippen molar-refractivity contribution in [3.05, 3.63) is 59.9 Å². The molecule has 1 N–H and O–H groups in total. The Balaban J connectivity index is 1.61. The SMILES string of the molecule is Fc1cc(OC2CNC2)ccc1OCc1ccccc1. The third-order valence-corrected chi connectivity index (χ3v) is 3.19. The Bertz CT molecular complexity index is 570. The summed E-state index contributed by atoms with van der Waals surface area (Å²) in [4.78, 5) is 0. The predicted octanol–water partition coefficient (Wildman–Crippen LogP) is 2.76. The molecule has 1 saturated heterocycles. The Morgan fingerprint density at radius 2 is 1.90 bits per heavy atom. The minimum absolute atomic E-state index is 0.144. The molecule has 0 atom stereocenters. The highest BCUT2D eigenvalue weighted by atomic mass is 19.1. The van der Waals surface area contributed by atoms with Gasteiger partial charge in [0.25, 0.3) is 0 Å². The summed E-state index contributed by atoms with van der Waals surface area (Å²) < 4.78 is 25.0. The molecule has 3 nitrogen and oxygen atoms in total. The van der Waals surface area contributed by atoms with Gasteiger partial charge in [0, 0.05) is 19.2 Å². The highest BCUT2D eigenvalue weighted by Crippen LogP contribution is 2.24. The average molecular weight is 273 g/mol. The molecule has 20 heavy (non-hydrogen) atoms. The quantitative estimate of drug-likeness (QED) is 0.908. The normalized spacial score (nSPS) is 14.7. The van der Waals surface area contributed by atoms with E-state index in [1.165, 1.54) is 6.07 Å². The van der Waals surface area contributed by atoms with E-state index in [1.807, 2.05) is 30.3 Å². The molecule has 1 aliphatic rings. The molecule has 104 valence electrons. The Hall–Kier alpha value is -2.07. The lowest BCUT2D eigenvalue weighted by atomic mass is 10.2. The van der Waals surface area contributed by atoms with E-state index >= 15 is 0 Å². The smallest absolute Gasteiger partial charge is 0.168 e. The number of hydrogen-bond acceptors (Lipinski definition) is 3. The third kappa shape index (κ3) is 3.08. The van der Waals surface area contributed by atoms with Gasteiger partial charge in [-0.05, 0) is 17.7 Å². The summed E-state index contributed by atoms with van der Waals surface area (Å²) in [5, 5.41) is 3.10. The molecule has 0 saturated carbocycles. The van der Waals surface area contributed by atoms with Crippen molar-refractivity contribution >= 4 is 0 Å². The molecule has 1 heterocycles. The first kappa shape index (κ1) is 12.9. The molecule has 0 radical (unpaired) electrons. The fourth-order valence-corrected chi connectivity index (χ4v) is 1.95. The van der Waals surface area contributed by atoms with Crippen molar-refractivity contribution in [3.8, 4) is 11.5 Å². The van der Waals surface area contributed by atoms with Gasteiger partial charge in [0.15, 0.2) is 11.6 Å². The molecule has 1 fully saturated rings. The molecule has 2 aromatic rings. The van der Waals surface area contributed by atoms with E-state index in [1.54, 1.807) is 12.1 Å². The zero-order valence-corrected chi connectivity index (χ0v) is 11.0. The summed E-state index contributed by atoms with van der Waals surface area (Å²) in [6.45, 7) is 1.98. The Labute approximate surface area is 117 Å². The zero-order chi connectivity index (χ0) is 13.8.